The van der Waals surface area contributed by atoms with Gasteiger partial charge in [0, 0.05) is 24.6 Å². The molecule has 0 fully saturated rings. The summed E-state index contributed by atoms with van der Waals surface area (Å²) in [7, 11) is 0. The molecule has 1 N–H and O–H groups in total. The van der Waals surface area contributed by atoms with Gasteiger partial charge in [0.1, 0.15) is 5.82 Å². The van der Waals surface area contributed by atoms with E-state index in [1.54, 1.807) is 18.3 Å². The predicted octanol–water partition coefficient (Wildman–Crippen LogP) is 3.78. The van der Waals surface area contributed by atoms with Crippen LogP contribution in [0.1, 0.15) is 30.2 Å². The van der Waals surface area contributed by atoms with E-state index in [-0.39, 0.29) is 11.7 Å². The summed E-state index contributed by atoms with van der Waals surface area (Å²) >= 11 is 0. The van der Waals surface area contributed by atoms with Gasteiger partial charge in [-0.1, -0.05) is 13.8 Å². The van der Waals surface area contributed by atoms with Gasteiger partial charge in [0.25, 0.3) is 5.91 Å². The third-order valence-electron chi connectivity index (χ3n) is 4.24. The number of nitrogens with zero attached hydrogens (tertiary/aromatic N) is 4. The number of nitrogens with one attached hydrogen (secondary N) is 1. The highest BCUT2D eigenvalue weighted by Crippen LogP contribution is 2.23. The third kappa shape index (κ3) is 3.62. The lowest BCUT2D eigenvalue weighted by Gasteiger charge is -2.12. The molecular weight excluding hydrogens is 342 g/mol. The standard InChI is InChI=1S/C20H21N5O2/c1-14(2)12-25-17-7-6-15(22-20(26)18-5-3-10-27-18)11-16(17)23-19(25)13-24-9-4-8-21-24/h3-11,14H,12-13H2,1-2H3,(H,22,26). The first-order valence-electron chi connectivity index (χ1n) is 8.91. The lowest BCUT2D eigenvalue weighted by atomic mass is 10.2. The summed E-state index contributed by atoms with van der Waals surface area (Å²) in [5.41, 5.74) is 2.57. The first-order valence-corrected chi connectivity index (χ1v) is 8.91. The Hall–Kier alpha value is -3.35. The van der Waals surface area contributed by atoms with Crippen LogP contribution in [0.3, 0.4) is 0 Å². The number of aromatic nitrogens is 4. The zero-order valence-corrected chi connectivity index (χ0v) is 15.3. The number of hydrogen-bond donors (Lipinski definition) is 1. The second kappa shape index (κ2) is 7.11. The molecule has 1 amide bonds. The van der Waals surface area contributed by atoms with Gasteiger partial charge >= 0.3 is 0 Å². The Kier molecular flexibility index (Phi) is 4.50. The Bertz CT molecular complexity index is 1050. The quantitative estimate of drug-likeness (QED) is 0.565. The Labute approximate surface area is 156 Å². The zero-order chi connectivity index (χ0) is 18.8. The molecule has 27 heavy (non-hydrogen) atoms. The van der Waals surface area contributed by atoms with Gasteiger partial charge < -0.3 is 14.3 Å². The molecule has 0 aliphatic carbocycles. The van der Waals surface area contributed by atoms with Gasteiger partial charge in [-0.05, 0) is 42.3 Å². The largest absolute Gasteiger partial charge is 0.459 e. The fourth-order valence-electron chi connectivity index (χ4n) is 3.09. The summed E-state index contributed by atoms with van der Waals surface area (Å²) in [4.78, 5) is 17.0. The van der Waals surface area contributed by atoms with Crippen LogP contribution in [0, 0.1) is 5.92 Å². The molecule has 0 unspecified atom stereocenters. The van der Waals surface area contributed by atoms with Crippen LogP contribution in [0.2, 0.25) is 0 Å². The Morgan fingerprint density at radius 3 is 2.85 bits per heavy atom. The van der Waals surface area contributed by atoms with E-state index in [1.807, 2.05) is 35.1 Å². The van der Waals surface area contributed by atoms with Crippen LogP contribution in [0.15, 0.2) is 59.5 Å². The van der Waals surface area contributed by atoms with E-state index in [0.717, 1.165) is 23.4 Å². The van der Waals surface area contributed by atoms with Gasteiger partial charge in [0.2, 0.25) is 0 Å². The van der Waals surface area contributed by atoms with E-state index in [9.17, 15) is 4.79 Å². The highest BCUT2D eigenvalue weighted by molar-refractivity contribution is 6.03. The van der Waals surface area contributed by atoms with Crippen LogP contribution in [-0.2, 0) is 13.1 Å². The van der Waals surface area contributed by atoms with Crippen molar-refractivity contribution < 1.29 is 9.21 Å². The first-order chi connectivity index (χ1) is 13.1. The number of benzene rings is 1. The normalized spacial score (nSPS) is 11.4. The molecule has 0 saturated carbocycles. The molecule has 0 saturated heterocycles. The minimum absolute atomic E-state index is 0.278. The van der Waals surface area contributed by atoms with Gasteiger partial charge in [-0.3, -0.25) is 9.48 Å². The summed E-state index contributed by atoms with van der Waals surface area (Å²) in [6.45, 7) is 5.83. The van der Waals surface area contributed by atoms with Crippen molar-refractivity contribution >= 4 is 22.6 Å². The Morgan fingerprint density at radius 2 is 2.15 bits per heavy atom. The fraction of sp³-hybridized carbons (Fsp3) is 0.250. The molecule has 138 valence electrons. The van der Waals surface area contributed by atoms with Crippen LogP contribution >= 0.6 is 0 Å². The maximum atomic E-state index is 12.2. The monoisotopic (exact) mass is 363 g/mol. The van der Waals surface area contributed by atoms with Crippen molar-refractivity contribution in [2.24, 2.45) is 5.92 Å². The molecule has 3 heterocycles. The van der Waals surface area contributed by atoms with Crippen molar-refractivity contribution in [1.29, 1.82) is 0 Å². The molecule has 0 radical (unpaired) electrons. The van der Waals surface area contributed by atoms with E-state index >= 15 is 0 Å². The second-order valence-electron chi connectivity index (χ2n) is 6.87. The van der Waals surface area contributed by atoms with Gasteiger partial charge in [0.15, 0.2) is 5.76 Å². The van der Waals surface area contributed by atoms with Gasteiger partial charge in [-0.25, -0.2) is 4.98 Å². The van der Waals surface area contributed by atoms with Crippen molar-refractivity contribution in [3.05, 3.63) is 66.6 Å². The fourth-order valence-corrected chi connectivity index (χ4v) is 3.09. The minimum Gasteiger partial charge on any atom is -0.459 e. The smallest absolute Gasteiger partial charge is 0.291 e. The molecule has 0 bridgehead atoms. The molecule has 7 heteroatoms. The van der Waals surface area contributed by atoms with Gasteiger partial charge in [-0.2, -0.15) is 5.10 Å². The number of carbonyl (C=O) groups is 1. The van der Waals surface area contributed by atoms with E-state index in [2.05, 4.69) is 28.8 Å². The van der Waals surface area contributed by atoms with Crippen molar-refractivity contribution in [2.45, 2.75) is 26.9 Å². The number of rotatable bonds is 6. The topological polar surface area (TPSA) is 77.9 Å². The van der Waals surface area contributed by atoms with Crippen LogP contribution in [0.25, 0.3) is 11.0 Å². The molecule has 4 aromatic rings. The van der Waals surface area contributed by atoms with Crippen LogP contribution in [0.4, 0.5) is 5.69 Å². The van der Waals surface area contributed by atoms with E-state index in [0.29, 0.717) is 18.2 Å². The first kappa shape index (κ1) is 17.1. The van der Waals surface area contributed by atoms with E-state index in [1.165, 1.54) is 6.26 Å². The second-order valence-corrected chi connectivity index (χ2v) is 6.87. The molecular formula is C20H21N5O2. The summed E-state index contributed by atoms with van der Waals surface area (Å²) in [5.74, 6) is 1.42. The zero-order valence-electron chi connectivity index (χ0n) is 15.3. The lowest BCUT2D eigenvalue weighted by Crippen LogP contribution is -2.12. The lowest BCUT2D eigenvalue weighted by molar-refractivity contribution is 0.0996. The average Bonchev–Trinajstić information content (AvgIpc) is 3.37. The van der Waals surface area contributed by atoms with Gasteiger partial charge in [0.05, 0.1) is 23.8 Å². The number of hydrogen-bond acceptors (Lipinski definition) is 4. The number of carbonyl (C=O) groups excluding carboxylic acids is 1. The third-order valence-corrected chi connectivity index (χ3v) is 4.24. The van der Waals surface area contributed by atoms with Crippen LogP contribution in [-0.4, -0.2) is 25.2 Å². The van der Waals surface area contributed by atoms with Gasteiger partial charge in [-0.15, -0.1) is 0 Å². The van der Waals surface area contributed by atoms with Crippen molar-refractivity contribution in [1.82, 2.24) is 19.3 Å². The minimum atomic E-state index is -0.280. The molecule has 0 aliphatic rings. The highest BCUT2D eigenvalue weighted by Gasteiger charge is 2.15. The highest BCUT2D eigenvalue weighted by atomic mass is 16.3. The number of furan rings is 1. The Morgan fingerprint density at radius 1 is 1.26 bits per heavy atom. The number of fused-ring (bicyclic) bond motifs is 1. The summed E-state index contributed by atoms with van der Waals surface area (Å²) in [6.07, 6.45) is 5.17. The SMILES string of the molecule is CC(C)Cn1c(Cn2cccn2)nc2cc(NC(=O)c3ccco3)ccc21. The summed E-state index contributed by atoms with van der Waals surface area (Å²) in [5, 5.41) is 7.14. The molecule has 0 spiro atoms. The molecule has 0 aliphatic heterocycles. The number of anilines is 1. The van der Waals surface area contributed by atoms with E-state index in [4.69, 9.17) is 9.40 Å². The van der Waals surface area contributed by atoms with Crippen LogP contribution in [0.5, 0.6) is 0 Å². The Balaban J connectivity index is 1.67. The molecule has 0 atom stereocenters. The number of imidazole rings is 1. The molecule has 7 nitrogen and oxygen atoms in total. The summed E-state index contributed by atoms with van der Waals surface area (Å²) < 4.78 is 9.22. The predicted molar refractivity (Wildman–Crippen MR) is 103 cm³/mol. The summed E-state index contributed by atoms with van der Waals surface area (Å²) in [6, 6.07) is 11.0. The van der Waals surface area contributed by atoms with E-state index < -0.39 is 0 Å². The van der Waals surface area contributed by atoms with Crippen molar-refractivity contribution in [2.75, 3.05) is 5.32 Å². The van der Waals surface area contributed by atoms with Crippen LogP contribution < -0.4 is 5.32 Å². The number of amides is 1. The molecule has 1 aromatic carbocycles. The van der Waals surface area contributed by atoms with Crippen molar-refractivity contribution in [3.8, 4) is 0 Å². The molecule has 3 aromatic heterocycles. The average molecular weight is 363 g/mol. The maximum absolute atomic E-state index is 12.2. The van der Waals surface area contributed by atoms with Crippen molar-refractivity contribution in [3.63, 3.8) is 0 Å². The maximum Gasteiger partial charge on any atom is 0.291 e. The molecule has 4 rings (SSSR count).